The standard InChI is InChI=1S/C18H28ClN3O.ClH/c1-3-13(2)17(20)18(23)21-16-8-10-22(11-9-16)12-14-4-6-15(19)7-5-14;/h4-7,13,16-17H,3,8-12,20H2,1-2H3,(H,21,23);1H. The van der Waals surface area contributed by atoms with Crippen molar-refractivity contribution in [2.75, 3.05) is 13.1 Å². The van der Waals surface area contributed by atoms with Gasteiger partial charge in [-0.1, -0.05) is 44.0 Å². The molecule has 6 heteroatoms. The first-order valence-electron chi connectivity index (χ1n) is 8.52. The number of rotatable bonds is 6. The van der Waals surface area contributed by atoms with E-state index in [9.17, 15) is 4.79 Å². The summed E-state index contributed by atoms with van der Waals surface area (Å²) in [5, 5.41) is 3.89. The highest BCUT2D eigenvalue weighted by atomic mass is 35.5. The number of piperidine rings is 1. The molecule has 0 spiro atoms. The number of carbonyl (C=O) groups excluding carboxylic acids is 1. The zero-order valence-electron chi connectivity index (χ0n) is 14.5. The fourth-order valence-corrected chi connectivity index (χ4v) is 3.02. The lowest BCUT2D eigenvalue weighted by atomic mass is 9.98. The molecule has 1 amide bonds. The minimum Gasteiger partial charge on any atom is -0.352 e. The molecule has 1 aliphatic rings. The van der Waals surface area contributed by atoms with Crippen LogP contribution >= 0.6 is 24.0 Å². The third-order valence-corrected chi connectivity index (χ3v) is 5.07. The summed E-state index contributed by atoms with van der Waals surface area (Å²) in [5.74, 6) is 0.218. The maximum atomic E-state index is 12.2. The van der Waals surface area contributed by atoms with E-state index >= 15 is 0 Å². The van der Waals surface area contributed by atoms with Gasteiger partial charge < -0.3 is 11.1 Å². The summed E-state index contributed by atoms with van der Waals surface area (Å²) in [6.07, 6.45) is 2.88. The normalized spacial score (nSPS) is 18.5. The molecule has 0 aromatic heterocycles. The minimum atomic E-state index is -0.396. The van der Waals surface area contributed by atoms with Crippen LogP contribution in [0.5, 0.6) is 0 Å². The summed E-state index contributed by atoms with van der Waals surface area (Å²) in [6, 6.07) is 7.86. The lowest BCUT2D eigenvalue weighted by Crippen LogP contribution is -2.51. The SMILES string of the molecule is CCC(C)C(N)C(=O)NC1CCN(Cc2ccc(Cl)cc2)CC1.Cl. The van der Waals surface area contributed by atoms with Gasteiger partial charge >= 0.3 is 0 Å². The predicted molar refractivity (Wildman–Crippen MR) is 103 cm³/mol. The number of likely N-dealkylation sites (tertiary alicyclic amines) is 1. The van der Waals surface area contributed by atoms with Crippen molar-refractivity contribution < 1.29 is 4.79 Å². The Balaban J connectivity index is 0.00000288. The average Bonchev–Trinajstić information content (AvgIpc) is 2.57. The smallest absolute Gasteiger partial charge is 0.237 e. The highest BCUT2D eigenvalue weighted by Crippen LogP contribution is 2.16. The van der Waals surface area contributed by atoms with Gasteiger partial charge in [-0.05, 0) is 36.5 Å². The van der Waals surface area contributed by atoms with Crippen LogP contribution < -0.4 is 11.1 Å². The fraction of sp³-hybridized carbons (Fsp3) is 0.611. The van der Waals surface area contributed by atoms with Gasteiger partial charge in [0, 0.05) is 30.7 Å². The number of nitrogens with two attached hydrogens (primary N) is 1. The van der Waals surface area contributed by atoms with Crippen LogP contribution in [0.15, 0.2) is 24.3 Å². The minimum absolute atomic E-state index is 0. The Morgan fingerprint density at radius 1 is 1.33 bits per heavy atom. The Morgan fingerprint density at radius 3 is 2.46 bits per heavy atom. The number of benzene rings is 1. The Morgan fingerprint density at radius 2 is 1.92 bits per heavy atom. The van der Waals surface area contributed by atoms with Crippen LogP contribution in [0.1, 0.15) is 38.7 Å². The molecule has 2 unspecified atom stereocenters. The van der Waals surface area contributed by atoms with Crippen molar-refractivity contribution in [2.24, 2.45) is 11.7 Å². The molecule has 0 aliphatic carbocycles. The Kier molecular flexibility index (Phi) is 9.06. The van der Waals surface area contributed by atoms with E-state index in [1.807, 2.05) is 19.1 Å². The van der Waals surface area contributed by atoms with Gasteiger partial charge in [-0.15, -0.1) is 12.4 Å². The molecular formula is C18H29Cl2N3O. The maximum absolute atomic E-state index is 12.2. The Bertz CT molecular complexity index is 501. The molecule has 2 rings (SSSR count). The second-order valence-corrected chi connectivity index (χ2v) is 7.03. The van der Waals surface area contributed by atoms with E-state index in [1.165, 1.54) is 5.56 Å². The van der Waals surface area contributed by atoms with Crippen LogP contribution in [0.2, 0.25) is 5.02 Å². The molecule has 136 valence electrons. The summed E-state index contributed by atoms with van der Waals surface area (Å²) < 4.78 is 0. The Labute approximate surface area is 156 Å². The van der Waals surface area contributed by atoms with E-state index < -0.39 is 6.04 Å². The van der Waals surface area contributed by atoms with Crippen molar-refractivity contribution >= 4 is 29.9 Å². The van der Waals surface area contributed by atoms with Crippen LogP contribution in [-0.2, 0) is 11.3 Å². The second kappa shape index (κ2) is 10.2. The van der Waals surface area contributed by atoms with Crippen LogP contribution in [0.25, 0.3) is 0 Å². The third-order valence-electron chi connectivity index (χ3n) is 4.81. The summed E-state index contributed by atoms with van der Waals surface area (Å²) in [5.41, 5.74) is 7.27. The molecule has 4 nitrogen and oxygen atoms in total. The molecule has 0 bridgehead atoms. The number of nitrogens with one attached hydrogen (secondary N) is 1. The van der Waals surface area contributed by atoms with E-state index in [4.69, 9.17) is 17.3 Å². The van der Waals surface area contributed by atoms with E-state index in [1.54, 1.807) is 0 Å². The first-order chi connectivity index (χ1) is 11.0. The number of hydrogen-bond donors (Lipinski definition) is 2. The quantitative estimate of drug-likeness (QED) is 0.804. The number of hydrogen-bond acceptors (Lipinski definition) is 3. The van der Waals surface area contributed by atoms with Crippen molar-refractivity contribution in [3.63, 3.8) is 0 Å². The highest BCUT2D eigenvalue weighted by molar-refractivity contribution is 6.30. The molecule has 1 saturated heterocycles. The number of nitrogens with zero attached hydrogens (tertiary/aromatic N) is 1. The number of amides is 1. The van der Waals surface area contributed by atoms with Gasteiger partial charge in [0.25, 0.3) is 0 Å². The third kappa shape index (κ3) is 6.25. The van der Waals surface area contributed by atoms with Crippen molar-refractivity contribution in [3.8, 4) is 0 Å². The highest BCUT2D eigenvalue weighted by Gasteiger charge is 2.25. The van der Waals surface area contributed by atoms with Crippen LogP contribution in [0, 0.1) is 5.92 Å². The second-order valence-electron chi connectivity index (χ2n) is 6.60. The van der Waals surface area contributed by atoms with E-state index in [0.29, 0.717) is 0 Å². The first kappa shape index (κ1) is 21.2. The van der Waals surface area contributed by atoms with Crippen LogP contribution in [0.4, 0.5) is 0 Å². The molecule has 1 aromatic carbocycles. The van der Waals surface area contributed by atoms with E-state index in [2.05, 4.69) is 29.3 Å². The average molecular weight is 374 g/mol. The largest absolute Gasteiger partial charge is 0.352 e. The Hall–Kier alpha value is -0.810. The monoisotopic (exact) mass is 373 g/mol. The number of carbonyl (C=O) groups is 1. The van der Waals surface area contributed by atoms with Gasteiger partial charge in [0.05, 0.1) is 6.04 Å². The summed E-state index contributed by atoms with van der Waals surface area (Å²) in [6.45, 7) is 7.01. The molecule has 3 N–H and O–H groups in total. The van der Waals surface area contributed by atoms with Gasteiger partial charge in [-0.2, -0.15) is 0 Å². The van der Waals surface area contributed by atoms with Crippen molar-refractivity contribution in [3.05, 3.63) is 34.9 Å². The molecule has 1 aromatic rings. The van der Waals surface area contributed by atoms with Gasteiger partial charge in [0.1, 0.15) is 0 Å². The molecule has 1 fully saturated rings. The summed E-state index contributed by atoms with van der Waals surface area (Å²) in [4.78, 5) is 14.6. The summed E-state index contributed by atoms with van der Waals surface area (Å²) >= 11 is 5.92. The number of halogens is 2. The van der Waals surface area contributed by atoms with Gasteiger partial charge in [-0.25, -0.2) is 0 Å². The molecule has 24 heavy (non-hydrogen) atoms. The molecule has 0 radical (unpaired) electrons. The van der Waals surface area contributed by atoms with E-state index in [0.717, 1.165) is 43.9 Å². The van der Waals surface area contributed by atoms with Crippen molar-refractivity contribution in [1.29, 1.82) is 0 Å². The molecule has 2 atom stereocenters. The zero-order valence-corrected chi connectivity index (χ0v) is 16.1. The van der Waals surface area contributed by atoms with Crippen LogP contribution in [-0.4, -0.2) is 36.0 Å². The molecule has 1 heterocycles. The lowest BCUT2D eigenvalue weighted by Gasteiger charge is -2.33. The topological polar surface area (TPSA) is 58.4 Å². The van der Waals surface area contributed by atoms with Crippen molar-refractivity contribution in [2.45, 2.75) is 51.7 Å². The van der Waals surface area contributed by atoms with Crippen molar-refractivity contribution in [1.82, 2.24) is 10.2 Å². The zero-order chi connectivity index (χ0) is 16.8. The van der Waals surface area contributed by atoms with Gasteiger partial charge in [-0.3, -0.25) is 9.69 Å². The van der Waals surface area contributed by atoms with E-state index in [-0.39, 0.29) is 30.3 Å². The van der Waals surface area contributed by atoms with Gasteiger partial charge in [0.15, 0.2) is 0 Å². The molecule has 0 saturated carbocycles. The predicted octanol–water partition coefficient (Wildman–Crippen LogP) is 3.22. The fourth-order valence-electron chi connectivity index (χ4n) is 2.89. The molecular weight excluding hydrogens is 345 g/mol. The maximum Gasteiger partial charge on any atom is 0.237 e. The van der Waals surface area contributed by atoms with Crippen LogP contribution in [0.3, 0.4) is 0 Å². The van der Waals surface area contributed by atoms with Gasteiger partial charge in [0.2, 0.25) is 5.91 Å². The molecule has 1 aliphatic heterocycles. The lowest BCUT2D eigenvalue weighted by molar-refractivity contribution is -0.124. The summed E-state index contributed by atoms with van der Waals surface area (Å²) in [7, 11) is 0. The first-order valence-corrected chi connectivity index (χ1v) is 8.90.